The van der Waals surface area contributed by atoms with Gasteiger partial charge in [-0.15, -0.1) is 0 Å². The van der Waals surface area contributed by atoms with Crippen LogP contribution in [-0.2, 0) is 6.42 Å². The third-order valence-electron chi connectivity index (χ3n) is 3.93. The fourth-order valence-electron chi connectivity index (χ4n) is 2.53. The van der Waals surface area contributed by atoms with Crippen molar-refractivity contribution in [3.05, 3.63) is 47.5 Å². The van der Waals surface area contributed by atoms with Gasteiger partial charge in [0.15, 0.2) is 0 Å². The van der Waals surface area contributed by atoms with E-state index in [0.29, 0.717) is 6.61 Å². The van der Waals surface area contributed by atoms with Gasteiger partial charge in [-0.25, -0.2) is 0 Å². The molecule has 0 aliphatic heterocycles. The maximum absolute atomic E-state index is 9.37. The molecule has 1 N–H and O–H groups in total. The molecule has 1 saturated carbocycles. The molecule has 0 radical (unpaired) electrons. The maximum Gasteiger partial charge on any atom is 0.0490 e. The predicted molar refractivity (Wildman–Crippen MR) is 71.1 cm³/mol. The quantitative estimate of drug-likeness (QED) is 0.849. The standard InChI is InChI=1S/C16H18O/c1-12-2-4-15-9-13(3-5-14(15)8-12)10-16(11-17)6-7-16/h2-5,8-9,17H,6-7,10-11H2,1H3. The summed E-state index contributed by atoms with van der Waals surface area (Å²) >= 11 is 0. The van der Waals surface area contributed by atoms with Crippen LogP contribution >= 0.6 is 0 Å². The molecule has 1 heteroatoms. The van der Waals surface area contributed by atoms with Gasteiger partial charge in [0.05, 0.1) is 0 Å². The van der Waals surface area contributed by atoms with Crippen LogP contribution in [0, 0.1) is 12.3 Å². The topological polar surface area (TPSA) is 20.2 Å². The van der Waals surface area contributed by atoms with Crippen LogP contribution in [0.1, 0.15) is 24.0 Å². The van der Waals surface area contributed by atoms with Crippen LogP contribution in [0.2, 0.25) is 0 Å². The molecule has 2 aromatic carbocycles. The fourth-order valence-corrected chi connectivity index (χ4v) is 2.53. The van der Waals surface area contributed by atoms with Crippen LogP contribution in [0.25, 0.3) is 10.8 Å². The van der Waals surface area contributed by atoms with Crippen LogP contribution in [0.15, 0.2) is 36.4 Å². The normalized spacial score (nSPS) is 17.3. The summed E-state index contributed by atoms with van der Waals surface area (Å²) in [6.45, 7) is 2.46. The predicted octanol–water partition coefficient (Wildman–Crippen LogP) is 3.46. The molecule has 0 spiro atoms. The van der Waals surface area contributed by atoms with E-state index in [4.69, 9.17) is 0 Å². The van der Waals surface area contributed by atoms with E-state index in [2.05, 4.69) is 43.3 Å². The Bertz CT molecular complexity index is 552. The Morgan fingerprint density at radius 2 is 1.76 bits per heavy atom. The molecule has 1 aliphatic rings. The second kappa shape index (κ2) is 3.85. The van der Waals surface area contributed by atoms with Gasteiger partial charge >= 0.3 is 0 Å². The van der Waals surface area contributed by atoms with E-state index in [9.17, 15) is 5.11 Å². The molecule has 1 aliphatic carbocycles. The van der Waals surface area contributed by atoms with Crippen molar-refractivity contribution in [3.63, 3.8) is 0 Å². The first-order valence-corrected chi connectivity index (χ1v) is 6.31. The van der Waals surface area contributed by atoms with Crippen LogP contribution in [0.4, 0.5) is 0 Å². The fraction of sp³-hybridized carbons (Fsp3) is 0.375. The SMILES string of the molecule is Cc1ccc2cc(CC3(CO)CC3)ccc2c1. The Labute approximate surface area is 102 Å². The lowest BCUT2D eigenvalue weighted by Gasteiger charge is -2.12. The first-order valence-electron chi connectivity index (χ1n) is 6.31. The van der Waals surface area contributed by atoms with Crippen LogP contribution < -0.4 is 0 Å². The summed E-state index contributed by atoms with van der Waals surface area (Å²) in [7, 11) is 0. The van der Waals surface area contributed by atoms with Gasteiger partial charge < -0.3 is 5.11 Å². The minimum atomic E-state index is 0.207. The summed E-state index contributed by atoms with van der Waals surface area (Å²) < 4.78 is 0. The van der Waals surface area contributed by atoms with Crippen molar-refractivity contribution in [2.24, 2.45) is 5.41 Å². The minimum Gasteiger partial charge on any atom is -0.396 e. The van der Waals surface area contributed by atoms with Crippen molar-refractivity contribution in [2.75, 3.05) is 6.61 Å². The average molecular weight is 226 g/mol. The third-order valence-corrected chi connectivity index (χ3v) is 3.93. The highest BCUT2D eigenvalue weighted by atomic mass is 16.3. The van der Waals surface area contributed by atoms with Crippen molar-refractivity contribution in [1.82, 2.24) is 0 Å². The third kappa shape index (κ3) is 2.07. The molecule has 0 heterocycles. The van der Waals surface area contributed by atoms with Gasteiger partial charge in [-0.1, -0.05) is 42.0 Å². The Hall–Kier alpha value is -1.34. The maximum atomic E-state index is 9.37. The molecule has 1 fully saturated rings. The summed E-state index contributed by atoms with van der Waals surface area (Å²) in [6.07, 6.45) is 3.37. The number of hydrogen-bond acceptors (Lipinski definition) is 1. The molecule has 17 heavy (non-hydrogen) atoms. The molecule has 0 amide bonds. The average Bonchev–Trinajstić information content (AvgIpc) is 3.10. The molecule has 0 bridgehead atoms. The lowest BCUT2D eigenvalue weighted by molar-refractivity contribution is 0.211. The molecule has 0 atom stereocenters. The lowest BCUT2D eigenvalue weighted by Crippen LogP contribution is -2.09. The number of aliphatic hydroxyl groups is 1. The van der Waals surface area contributed by atoms with Crippen molar-refractivity contribution in [2.45, 2.75) is 26.2 Å². The minimum absolute atomic E-state index is 0.207. The summed E-state index contributed by atoms with van der Waals surface area (Å²) in [6, 6.07) is 13.2. The molecule has 0 saturated heterocycles. The Balaban J connectivity index is 1.94. The lowest BCUT2D eigenvalue weighted by atomic mass is 9.95. The van der Waals surface area contributed by atoms with Crippen molar-refractivity contribution in [3.8, 4) is 0 Å². The molecule has 0 unspecified atom stereocenters. The van der Waals surface area contributed by atoms with Gasteiger partial charge in [0.25, 0.3) is 0 Å². The van der Waals surface area contributed by atoms with Crippen LogP contribution in [-0.4, -0.2) is 11.7 Å². The molecule has 1 nitrogen and oxygen atoms in total. The second-order valence-electron chi connectivity index (χ2n) is 5.52. The number of benzene rings is 2. The van der Waals surface area contributed by atoms with Gasteiger partial charge in [0, 0.05) is 6.61 Å². The monoisotopic (exact) mass is 226 g/mol. The van der Waals surface area contributed by atoms with Crippen molar-refractivity contribution in [1.29, 1.82) is 0 Å². The Morgan fingerprint density at radius 3 is 2.47 bits per heavy atom. The largest absolute Gasteiger partial charge is 0.396 e. The molecule has 0 aromatic heterocycles. The van der Waals surface area contributed by atoms with E-state index in [-0.39, 0.29) is 5.41 Å². The smallest absolute Gasteiger partial charge is 0.0490 e. The molecule has 3 rings (SSSR count). The number of aryl methyl sites for hydroxylation is 1. The van der Waals surface area contributed by atoms with Gasteiger partial charge in [-0.05, 0) is 47.9 Å². The first kappa shape index (κ1) is 10.8. The highest BCUT2D eigenvalue weighted by Crippen LogP contribution is 2.47. The summed E-state index contributed by atoms with van der Waals surface area (Å²) in [5.74, 6) is 0. The zero-order valence-corrected chi connectivity index (χ0v) is 10.2. The van der Waals surface area contributed by atoms with Crippen LogP contribution in [0.5, 0.6) is 0 Å². The first-order chi connectivity index (χ1) is 8.21. The van der Waals surface area contributed by atoms with E-state index in [0.717, 1.165) is 6.42 Å². The number of hydrogen-bond donors (Lipinski definition) is 1. The summed E-state index contributed by atoms with van der Waals surface area (Å²) in [5.41, 5.74) is 2.87. The Kier molecular flexibility index (Phi) is 2.44. The zero-order chi connectivity index (χ0) is 11.9. The Morgan fingerprint density at radius 1 is 1.06 bits per heavy atom. The van der Waals surface area contributed by atoms with Gasteiger partial charge in [-0.3, -0.25) is 0 Å². The highest BCUT2D eigenvalue weighted by molar-refractivity contribution is 5.83. The van der Waals surface area contributed by atoms with Gasteiger partial charge in [0.1, 0.15) is 0 Å². The van der Waals surface area contributed by atoms with E-state index in [1.807, 2.05) is 0 Å². The van der Waals surface area contributed by atoms with Crippen molar-refractivity contribution >= 4 is 10.8 Å². The zero-order valence-electron chi connectivity index (χ0n) is 10.2. The molecular formula is C16H18O. The second-order valence-corrected chi connectivity index (χ2v) is 5.52. The van der Waals surface area contributed by atoms with E-state index in [1.165, 1.54) is 34.7 Å². The highest BCUT2D eigenvalue weighted by Gasteiger charge is 2.41. The van der Waals surface area contributed by atoms with Crippen molar-refractivity contribution < 1.29 is 5.11 Å². The van der Waals surface area contributed by atoms with Gasteiger partial charge in [0.2, 0.25) is 0 Å². The van der Waals surface area contributed by atoms with E-state index in [1.54, 1.807) is 0 Å². The van der Waals surface area contributed by atoms with Gasteiger partial charge in [-0.2, -0.15) is 0 Å². The van der Waals surface area contributed by atoms with Crippen LogP contribution in [0.3, 0.4) is 0 Å². The molecule has 2 aromatic rings. The molecule has 88 valence electrons. The molecular weight excluding hydrogens is 208 g/mol. The number of fused-ring (bicyclic) bond motifs is 1. The van der Waals surface area contributed by atoms with E-state index < -0.39 is 0 Å². The summed E-state index contributed by atoms with van der Waals surface area (Å²) in [5, 5.41) is 12.0. The number of aliphatic hydroxyl groups excluding tert-OH is 1. The number of rotatable bonds is 3. The van der Waals surface area contributed by atoms with E-state index >= 15 is 0 Å². The summed E-state index contributed by atoms with van der Waals surface area (Å²) in [4.78, 5) is 0.